The number of nitrogens with zero attached hydrogens (tertiary/aromatic N) is 3. The van der Waals surface area contributed by atoms with Crippen molar-refractivity contribution in [1.29, 1.82) is 0 Å². The summed E-state index contributed by atoms with van der Waals surface area (Å²) in [5, 5.41) is 2.76. The number of hydrogen-bond donors (Lipinski definition) is 0. The van der Waals surface area contributed by atoms with Crippen molar-refractivity contribution in [3.05, 3.63) is 40.4 Å². The largest absolute Gasteiger partial charge is 0.342 e. The summed E-state index contributed by atoms with van der Waals surface area (Å²) in [5.74, 6) is 0.353. The van der Waals surface area contributed by atoms with E-state index in [4.69, 9.17) is 0 Å². The van der Waals surface area contributed by atoms with E-state index in [1.165, 1.54) is 35.3 Å². The molecule has 2 aliphatic heterocycles. The molecule has 0 aliphatic carbocycles. The third-order valence-electron chi connectivity index (χ3n) is 6.38. The summed E-state index contributed by atoms with van der Waals surface area (Å²) in [7, 11) is 0. The molecule has 4 rings (SSSR count). The second-order valence-corrected chi connectivity index (χ2v) is 9.52. The van der Waals surface area contributed by atoms with Gasteiger partial charge in [-0.2, -0.15) is 0 Å². The smallest absolute Gasteiger partial charge is 0.273 e. The Bertz CT molecular complexity index is 907. The number of benzene rings is 1. The molecule has 160 valence electrons. The van der Waals surface area contributed by atoms with Crippen LogP contribution in [0.2, 0.25) is 0 Å². The van der Waals surface area contributed by atoms with Gasteiger partial charge in [0.1, 0.15) is 10.7 Å². The molecular weight excluding hydrogens is 394 g/mol. The standard InChI is InChI=1S/C24H31N3O2S/c1-17-7-8-20(18(2)15-17)22-25-21(16-30-22)24(29)27-13-9-19(10-14-27)23(28)26-11-5-3-4-6-12-26/h7-8,15-16,19H,3-6,9-14H2,1-2H3. The summed E-state index contributed by atoms with van der Waals surface area (Å²) < 4.78 is 0. The van der Waals surface area contributed by atoms with Gasteiger partial charge in [0.15, 0.2) is 0 Å². The van der Waals surface area contributed by atoms with Crippen molar-refractivity contribution >= 4 is 23.2 Å². The van der Waals surface area contributed by atoms with Gasteiger partial charge in [0.05, 0.1) is 0 Å². The Morgan fingerprint density at radius 1 is 0.967 bits per heavy atom. The van der Waals surface area contributed by atoms with Crippen molar-refractivity contribution in [2.45, 2.75) is 52.4 Å². The van der Waals surface area contributed by atoms with Gasteiger partial charge in [-0.15, -0.1) is 11.3 Å². The van der Waals surface area contributed by atoms with Crippen LogP contribution in [0.15, 0.2) is 23.6 Å². The van der Waals surface area contributed by atoms with Gasteiger partial charge in [0.2, 0.25) is 5.91 Å². The first kappa shape index (κ1) is 21.0. The van der Waals surface area contributed by atoms with E-state index in [0.29, 0.717) is 24.7 Å². The van der Waals surface area contributed by atoms with E-state index in [-0.39, 0.29) is 11.8 Å². The van der Waals surface area contributed by atoms with Crippen LogP contribution in [0, 0.1) is 19.8 Å². The molecule has 0 saturated carbocycles. The molecule has 3 heterocycles. The summed E-state index contributed by atoms with van der Waals surface area (Å²) in [4.78, 5) is 34.4. The summed E-state index contributed by atoms with van der Waals surface area (Å²) in [5.41, 5.74) is 4.01. The lowest BCUT2D eigenvalue weighted by atomic mass is 9.95. The van der Waals surface area contributed by atoms with Crippen LogP contribution in [0.5, 0.6) is 0 Å². The van der Waals surface area contributed by atoms with Crippen LogP contribution in [0.3, 0.4) is 0 Å². The molecule has 1 aromatic heterocycles. The first-order valence-electron chi connectivity index (χ1n) is 11.1. The number of amides is 2. The average molecular weight is 426 g/mol. The average Bonchev–Trinajstić information content (AvgIpc) is 3.07. The molecule has 0 bridgehead atoms. The number of aromatic nitrogens is 1. The van der Waals surface area contributed by atoms with Crippen LogP contribution in [0.25, 0.3) is 10.6 Å². The fourth-order valence-corrected chi connectivity index (χ4v) is 5.47. The topological polar surface area (TPSA) is 53.5 Å². The lowest BCUT2D eigenvalue weighted by molar-refractivity contribution is -0.136. The third-order valence-corrected chi connectivity index (χ3v) is 7.26. The van der Waals surface area contributed by atoms with Crippen LogP contribution in [0.1, 0.15) is 60.1 Å². The summed E-state index contributed by atoms with van der Waals surface area (Å²) in [6.45, 7) is 7.24. The second kappa shape index (κ2) is 9.29. The molecule has 6 heteroatoms. The zero-order valence-electron chi connectivity index (χ0n) is 18.0. The normalized spacial score (nSPS) is 18.3. The lowest BCUT2D eigenvalue weighted by Gasteiger charge is -2.33. The van der Waals surface area contributed by atoms with E-state index >= 15 is 0 Å². The lowest BCUT2D eigenvalue weighted by Crippen LogP contribution is -2.44. The SMILES string of the molecule is Cc1ccc(-c2nc(C(=O)N3CCC(C(=O)N4CCCCCC4)CC3)cs2)c(C)c1. The van der Waals surface area contributed by atoms with Gasteiger partial charge < -0.3 is 9.80 Å². The molecule has 0 radical (unpaired) electrons. The molecule has 30 heavy (non-hydrogen) atoms. The van der Waals surface area contributed by atoms with E-state index in [9.17, 15) is 9.59 Å². The monoisotopic (exact) mass is 425 g/mol. The van der Waals surface area contributed by atoms with Crippen molar-refractivity contribution < 1.29 is 9.59 Å². The van der Waals surface area contributed by atoms with Crippen LogP contribution >= 0.6 is 11.3 Å². The van der Waals surface area contributed by atoms with Gasteiger partial charge in [-0.05, 0) is 45.1 Å². The Morgan fingerprint density at radius 3 is 2.33 bits per heavy atom. The number of rotatable bonds is 3. The van der Waals surface area contributed by atoms with Crippen molar-refractivity contribution in [3.8, 4) is 10.6 Å². The maximum Gasteiger partial charge on any atom is 0.273 e. The van der Waals surface area contributed by atoms with Crippen molar-refractivity contribution in [3.63, 3.8) is 0 Å². The van der Waals surface area contributed by atoms with E-state index in [1.807, 2.05) is 10.3 Å². The molecule has 2 fully saturated rings. The minimum Gasteiger partial charge on any atom is -0.342 e. The summed E-state index contributed by atoms with van der Waals surface area (Å²) in [6, 6.07) is 6.30. The van der Waals surface area contributed by atoms with Gasteiger partial charge in [-0.1, -0.05) is 36.6 Å². The first-order chi connectivity index (χ1) is 14.5. The molecule has 1 aromatic carbocycles. The Morgan fingerprint density at radius 2 is 1.67 bits per heavy atom. The van der Waals surface area contributed by atoms with E-state index in [0.717, 1.165) is 49.3 Å². The van der Waals surface area contributed by atoms with Crippen molar-refractivity contribution in [2.24, 2.45) is 5.92 Å². The van der Waals surface area contributed by atoms with Gasteiger partial charge >= 0.3 is 0 Å². The van der Waals surface area contributed by atoms with Crippen LogP contribution < -0.4 is 0 Å². The highest BCUT2D eigenvalue weighted by molar-refractivity contribution is 7.13. The van der Waals surface area contributed by atoms with E-state index in [1.54, 1.807) is 0 Å². The zero-order valence-corrected chi connectivity index (χ0v) is 18.8. The zero-order chi connectivity index (χ0) is 21.1. The van der Waals surface area contributed by atoms with Crippen molar-refractivity contribution in [2.75, 3.05) is 26.2 Å². The van der Waals surface area contributed by atoms with E-state index < -0.39 is 0 Å². The molecule has 5 nitrogen and oxygen atoms in total. The molecule has 2 aromatic rings. The Balaban J connectivity index is 1.36. The van der Waals surface area contributed by atoms with Crippen LogP contribution in [-0.2, 0) is 4.79 Å². The number of carbonyl (C=O) groups is 2. The number of piperidine rings is 1. The summed E-state index contributed by atoms with van der Waals surface area (Å²) >= 11 is 1.52. The van der Waals surface area contributed by atoms with Gasteiger partial charge in [0, 0.05) is 43.0 Å². The van der Waals surface area contributed by atoms with Crippen molar-refractivity contribution in [1.82, 2.24) is 14.8 Å². The second-order valence-electron chi connectivity index (χ2n) is 8.66. The first-order valence-corrected chi connectivity index (χ1v) is 12.0. The molecule has 0 spiro atoms. The molecule has 2 aliphatic rings. The minimum absolute atomic E-state index is 0.0112. The number of likely N-dealkylation sites (tertiary alicyclic amines) is 2. The highest BCUT2D eigenvalue weighted by Gasteiger charge is 2.31. The van der Waals surface area contributed by atoms with Gasteiger partial charge in [-0.3, -0.25) is 9.59 Å². The highest BCUT2D eigenvalue weighted by Crippen LogP contribution is 2.29. The Kier molecular flexibility index (Phi) is 6.52. The molecule has 0 N–H and O–H groups in total. The Hall–Kier alpha value is -2.21. The summed E-state index contributed by atoms with van der Waals surface area (Å²) in [6.07, 6.45) is 6.22. The maximum atomic E-state index is 13.0. The molecule has 2 saturated heterocycles. The predicted octanol–water partition coefficient (Wildman–Crippen LogP) is 4.68. The highest BCUT2D eigenvalue weighted by atomic mass is 32.1. The Labute approximate surface area is 183 Å². The van der Waals surface area contributed by atoms with E-state index in [2.05, 4.69) is 41.9 Å². The van der Waals surface area contributed by atoms with Gasteiger partial charge in [-0.25, -0.2) is 4.98 Å². The number of hydrogen-bond acceptors (Lipinski definition) is 4. The minimum atomic E-state index is -0.0112. The number of carbonyl (C=O) groups excluding carboxylic acids is 2. The van der Waals surface area contributed by atoms with Crippen LogP contribution in [-0.4, -0.2) is 52.8 Å². The number of thiazole rings is 1. The maximum absolute atomic E-state index is 13.0. The van der Waals surface area contributed by atoms with Gasteiger partial charge in [0.25, 0.3) is 5.91 Å². The molecular formula is C24H31N3O2S. The predicted molar refractivity (Wildman–Crippen MR) is 121 cm³/mol. The fourth-order valence-electron chi connectivity index (χ4n) is 4.59. The van der Waals surface area contributed by atoms with Crippen LogP contribution in [0.4, 0.5) is 0 Å². The molecule has 2 amide bonds. The quantitative estimate of drug-likeness (QED) is 0.717. The number of aryl methyl sites for hydroxylation is 2. The third kappa shape index (κ3) is 4.59. The molecule has 0 unspecified atom stereocenters. The molecule has 0 atom stereocenters. The fraction of sp³-hybridized carbons (Fsp3) is 0.542.